The molecule has 0 aliphatic heterocycles. The van der Waals surface area contributed by atoms with Gasteiger partial charge in [-0.05, 0) is 42.7 Å². The summed E-state index contributed by atoms with van der Waals surface area (Å²) in [6.07, 6.45) is 2.74. The third-order valence-corrected chi connectivity index (χ3v) is 2.84. The minimum absolute atomic E-state index is 0.0159. The maximum absolute atomic E-state index is 5.83. The van der Waals surface area contributed by atoms with E-state index in [1.165, 1.54) is 5.56 Å². The Kier molecular flexibility index (Phi) is 3.95. The first kappa shape index (κ1) is 12.6. The molecule has 2 rings (SSSR count). The van der Waals surface area contributed by atoms with Crippen molar-refractivity contribution in [3.8, 4) is 11.6 Å². The fourth-order valence-corrected chi connectivity index (χ4v) is 1.68. The average Bonchev–Trinajstić information content (AvgIpc) is 2.40. The van der Waals surface area contributed by atoms with Crippen molar-refractivity contribution in [3.05, 3.63) is 53.7 Å². The fraction of sp³-hybridized carbons (Fsp3) is 0.267. The van der Waals surface area contributed by atoms with E-state index in [1.807, 2.05) is 31.2 Å². The van der Waals surface area contributed by atoms with Gasteiger partial charge in [0.25, 0.3) is 0 Å². The molecular weight excluding hydrogens is 224 g/mol. The molecule has 0 bridgehead atoms. The molecule has 3 heteroatoms. The molecular formula is C15H18N2O. The molecule has 1 aromatic carbocycles. The Morgan fingerprint density at radius 3 is 2.56 bits per heavy atom. The SMILES string of the molecule is CCc1ccc(Oc2cc(C(C)N)ccn2)cc1. The molecule has 0 saturated heterocycles. The van der Waals surface area contributed by atoms with Crippen molar-refractivity contribution in [1.29, 1.82) is 0 Å². The van der Waals surface area contributed by atoms with Gasteiger partial charge in [-0.1, -0.05) is 19.1 Å². The number of hydrogen-bond acceptors (Lipinski definition) is 3. The van der Waals surface area contributed by atoms with Gasteiger partial charge in [-0.3, -0.25) is 0 Å². The summed E-state index contributed by atoms with van der Waals surface area (Å²) in [4.78, 5) is 4.18. The Morgan fingerprint density at radius 2 is 1.94 bits per heavy atom. The molecule has 0 spiro atoms. The number of pyridine rings is 1. The minimum atomic E-state index is -0.0159. The largest absolute Gasteiger partial charge is 0.439 e. The highest BCUT2D eigenvalue weighted by Gasteiger charge is 2.03. The van der Waals surface area contributed by atoms with Crippen LogP contribution in [0.4, 0.5) is 0 Å². The summed E-state index contributed by atoms with van der Waals surface area (Å²) in [7, 11) is 0. The molecule has 0 radical (unpaired) electrons. The summed E-state index contributed by atoms with van der Waals surface area (Å²) in [5.74, 6) is 1.37. The lowest BCUT2D eigenvalue weighted by Gasteiger charge is -2.09. The maximum atomic E-state index is 5.83. The summed E-state index contributed by atoms with van der Waals surface area (Å²) in [5, 5.41) is 0. The number of ether oxygens (including phenoxy) is 1. The number of nitrogens with two attached hydrogens (primary N) is 1. The van der Waals surface area contributed by atoms with E-state index in [9.17, 15) is 0 Å². The van der Waals surface area contributed by atoms with Gasteiger partial charge in [0.15, 0.2) is 0 Å². The van der Waals surface area contributed by atoms with Crippen molar-refractivity contribution in [2.45, 2.75) is 26.3 Å². The number of hydrogen-bond donors (Lipinski definition) is 1. The predicted molar refractivity (Wildman–Crippen MR) is 72.7 cm³/mol. The van der Waals surface area contributed by atoms with Crippen LogP contribution >= 0.6 is 0 Å². The van der Waals surface area contributed by atoms with E-state index in [0.717, 1.165) is 17.7 Å². The van der Waals surface area contributed by atoms with Crippen molar-refractivity contribution in [2.75, 3.05) is 0 Å². The minimum Gasteiger partial charge on any atom is -0.439 e. The van der Waals surface area contributed by atoms with Crippen LogP contribution in [-0.4, -0.2) is 4.98 Å². The van der Waals surface area contributed by atoms with Crippen LogP contribution in [-0.2, 0) is 6.42 Å². The Hall–Kier alpha value is -1.87. The lowest BCUT2D eigenvalue weighted by Crippen LogP contribution is -2.05. The van der Waals surface area contributed by atoms with E-state index in [4.69, 9.17) is 10.5 Å². The molecule has 0 aliphatic carbocycles. The van der Waals surface area contributed by atoms with E-state index in [2.05, 4.69) is 24.0 Å². The highest BCUT2D eigenvalue weighted by atomic mass is 16.5. The summed E-state index contributed by atoms with van der Waals surface area (Å²) >= 11 is 0. The van der Waals surface area contributed by atoms with Gasteiger partial charge in [0.1, 0.15) is 5.75 Å². The first-order valence-corrected chi connectivity index (χ1v) is 6.17. The van der Waals surface area contributed by atoms with Crippen LogP contribution in [0, 0.1) is 0 Å². The zero-order valence-corrected chi connectivity index (χ0v) is 10.8. The third-order valence-electron chi connectivity index (χ3n) is 2.84. The molecule has 1 atom stereocenters. The van der Waals surface area contributed by atoms with Gasteiger partial charge in [0.2, 0.25) is 5.88 Å². The number of rotatable bonds is 4. The van der Waals surface area contributed by atoms with Crippen LogP contribution in [0.3, 0.4) is 0 Å². The van der Waals surface area contributed by atoms with Crippen LogP contribution in [0.15, 0.2) is 42.6 Å². The second-order valence-electron chi connectivity index (χ2n) is 4.32. The van der Waals surface area contributed by atoms with E-state index in [1.54, 1.807) is 6.20 Å². The van der Waals surface area contributed by atoms with E-state index in [-0.39, 0.29) is 6.04 Å². The van der Waals surface area contributed by atoms with Gasteiger partial charge in [-0.15, -0.1) is 0 Å². The second kappa shape index (κ2) is 5.65. The van der Waals surface area contributed by atoms with Crippen molar-refractivity contribution in [3.63, 3.8) is 0 Å². The molecule has 1 aromatic heterocycles. The number of benzene rings is 1. The summed E-state index contributed by atoms with van der Waals surface area (Å²) in [6, 6.07) is 11.8. The van der Waals surface area contributed by atoms with Crippen molar-refractivity contribution >= 4 is 0 Å². The van der Waals surface area contributed by atoms with Crippen LogP contribution in [0.5, 0.6) is 11.6 Å². The van der Waals surface area contributed by atoms with Crippen LogP contribution < -0.4 is 10.5 Å². The van der Waals surface area contributed by atoms with E-state index < -0.39 is 0 Å². The lowest BCUT2D eigenvalue weighted by molar-refractivity contribution is 0.461. The molecule has 2 N–H and O–H groups in total. The Balaban J connectivity index is 2.15. The van der Waals surface area contributed by atoms with E-state index in [0.29, 0.717) is 5.88 Å². The normalized spacial score (nSPS) is 12.2. The number of aromatic nitrogens is 1. The van der Waals surface area contributed by atoms with Crippen LogP contribution in [0.1, 0.15) is 31.0 Å². The second-order valence-corrected chi connectivity index (χ2v) is 4.32. The molecule has 0 fully saturated rings. The average molecular weight is 242 g/mol. The topological polar surface area (TPSA) is 48.1 Å². The van der Waals surface area contributed by atoms with Crippen LogP contribution in [0.2, 0.25) is 0 Å². The fourth-order valence-electron chi connectivity index (χ4n) is 1.68. The Labute approximate surface area is 108 Å². The molecule has 2 aromatic rings. The van der Waals surface area contributed by atoms with Crippen LogP contribution in [0.25, 0.3) is 0 Å². The Morgan fingerprint density at radius 1 is 1.22 bits per heavy atom. The number of nitrogens with zero attached hydrogens (tertiary/aromatic N) is 1. The molecule has 0 amide bonds. The van der Waals surface area contributed by atoms with Gasteiger partial charge in [0.05, 0.1) is 0 Å². The molecule has 1 heterocycles. The third kappa shape index (κ3) is 3.08. The summed E-state index contributed by atoms with van der Waals surface area (Å²) in [5.41, 5.74) is 8.14. The van der Waals surface area contributed by atoms with Crippen molar-refractivity contribution in [2.24, 2.45) is 5.73 Å². The molecule has 94 valence electrons. The highest BCUT2D eigenvalue weighted by molar-refractivity contribution is 5.32. The monoisotopic (exact) mass is 242 g/mol. The summed E-state index contributed by atoms with van der Waals surface area (Å²) in [6.45, 7) is 4.07. The molecule has 18 heavy (non-hydrogen) atoms. The quantitative estimate of drug-likeness (QED) is 0.893. The Bertz CT molecular complexity index is 506. The van der Waals surface area contributed by atoms with E-state index >= 15 is 0 Å². The molecule has 0 saturated carbocycles. The lowest BCUT2D eigenvalue weighted by atomic mass is 10.1. The van der Waals surface area contributed by atoms with Gasteiger partial charge < -0.3 is 10.5 Å². The standard InChI is InChI=1S/C15H18N2O/c1-3-12-4-6-14(7-5-12)18-15-10-13(11(2)16)8-9-17-15/h4-11H,3,16H2,1-2H3. The first-order valence-electron chi connectivity index (χ1n) is 6.17. The predicted octanol–water partition coefficient (Wildman–Crippen LogP) is 3.46. The van der Waals surface area contributed by atoms with Gasteiger partial charge in [-0.25, -0.2) is 4.98 Å². The molecule has 3 nitrogen and oxygen atoms in total. The van der Waals surface area contributed by atoms with Gasteiger partial charge >= 0.3 is 0 Å². The summed E-state index contributed by atoms with van der Waals surface area (Å²) < 4.78 is 5.70. The van der Waals surface area contributed by atoms with Gasteiger partial charge in [0, 0.05) is 18.3 Å². The number of aryl methyl sites for hydroxylation is 1. The first-order chi connectivity index (χ1) is 8.69. The zero-order chi connectivity index (χ0) is 13.0. The molecule has 1 unspecified atom stereocenters. The smallest absolute Gasteiger partial charge is 0.219 e. The zero-order valence-electron chi connectivity index (χ0n) is 10.8. The van der Waals surface area contributed by atoms with Crippen molar-refractivity contribution in [1.82, 2.24) is 4.98 Å². The van der Waals surface area contributed by atoms with Gasteiger partial charge in [-0.2, -0.15) is 0 Å². The highest BCUT2D eigenvalue weighted by Crippen LogP contribution is 2.22. The molecule has 0 aliphatic rings. The van der Waals surface area contributed by atoms with Crippen molar-refractivity contribution < 1.29 is 4.74 Å². The maximum Gasteiger partial charge on any atom is 0.219 e.